The van der Waals surface area contributed by atoms with Gasteiger partial charge in [-0.2, -0.15) is 8.78 Å². The number of alkyl halides is 2. The molecule has 0 saturated heterocycles. The molecule has 0 heterocycles. The normalized spacial score (nSPS) is 18.6. The molecule has 3 rings (SSSR count). The third-order valence-electron chi connectivity index (χ3n) is 7.48. The van der Waals surface area contributed by atoms with Crippen molar-refractivity contribution < 1.29 is 31.9 Å². The number of halogens is 2. The molecule has 2 aromatic carbocycles. The standard InChI is InChI=1S/C34H46F2NO5P/c1-5-9-10-11-12-18-27-40-33(25-23-29(24-26-33)28-19-14-13-15-20-28)32(38)37(6-2)31-22-17-16-21-30(31)34(35,36)43(39,41-7-3)42-8-4/h13-17,19-26,29H,5-12,18,27H2,1-4H3. The molecule has 0 aromatic heterocycles. The fourth-order valence-corrected chi connectivity index (χ4v) is 6.78. The van der Waals surface area contributed by atoms with E-state index in [1.165, 1.54) is 37.3 Å². The predicted molar refractivity (Wildman–Crippen MR) is 169 cm³/mol. The topological polar surface area (TPSA) is 65.1 Å². The number of benzene rings is 2. The van der Waals surface area contributed by atoms with Crippen molar-refractivity contribution in [1.82, 2.24) is 0 Å². The van der Waals surface area contributed by atoms with Crippen LogP contribution >= 0.6 is 7.60 Å². The Bertz CT molecular complexity index is 1240. The highest BCUT2D eigenvalue weighted by molar-refractivity contribution is 7.54. The monoisotopic (exact) mass is 617 g/mol. The number of likely N-dealkylation sites (N-methyl/N-ethyl adjacent to an activating group) is 1. The van der Waals surface area contributed by atoms with Gasteiger partial charge in [-0.25, -0.2) is 0 Å². The van der Waals surface area contributed by atoms with Crippen LogP contribution < -0.4 is 4.90 Å². The molecular weight excluding hydrogens is 571 g/mol. The molecule has 1 aliphatic rings. The van der Waals surface area contributed by atoms with E-state index < -0.39 is 30.3 Å². The molecule has 0 aliphatic heterocycles. The first-order chi connectivity index (χ1) is 20.7. The minimum Gasteiger partial charge on any atom is -0.357 e. The van der Waals surface area contributed by atoms with Crippen molar-refractivity contribution in [3.8, 4) is 0 Å². The van der Waals surface area contributed by atoms with Crippen molar-refractivity contribution in [3.05, 3.63) is 90.0 Å². The summed E-state index contributed by atoms with van der Waals surface area (Å²) in [4.78, 5) is 15.7. The fraction of sp³-hybridized carbons (Fsp3) is 0.500. The number of ether oxygens (including phenoxy) is 1. The minimum absolute atomic E-state index is 0.0604. The van der Waals surface area contributed by atoms with Gasteiger partial charge in [-0.3, -0.25) is 9.36 Å². The summed E-state index contributed by atoms with van der Waals surface area (Å²) in [6.07, 6.45) is 13.6. The zero-order chi connectivity index (χ0) is 31.3. The summed E-state index contributed by atoms with van der Waals surface area (Å²) in [7, 11) is -4.91. The Labute approximate surface area is 255 Å². The molecular formula is C34H46F2NO5P. The van der Waals surface area contributed by atoms with Gasteiger partial charge >= 0.3 is 13.3 Å². The van der Waals surface area contributed by atoms with Gasteiger partial charge in [0.25, 0.3) is 5.91 Å². The minimum atomic E-state index is -4.91. The quantitative estimate of drug-likeness (QED) is 0.0947. The Morgan fingerprint density at radius 1 is 0.860 bits per heavy atom. The van der Waals surface area contributed by atoms with E-state index in [1.807, 2.05) is 42.5 Å². The Morgan fingerprint density at radius 2 is 1.44 bits per heavy atom. The summed E-state index contributed by atoms with van der Waals surface area (Å²) in [5.41, 5.74) is -5.11. The maximum absolute atomic E-state index is 16.0. The third-order valence-corrected chi connectivity index (χ3v) is 9.61. The number of hydrogen-bond donors (Lipinski definition) is 0. The lowest BCUT2D eigenvalue weighted by Gasteiger charge is -2.36. The first kappa shape index (κ1) is 34.8. The van der Waals surface area contributed by atoms with Crippen LogP contribution in [0.2, 0.25) is 0 Å². The number of amides is 1. The van der Waals surface area contributed by atoms with E-state index in [0.717, 1.165) is 43.7 Å². The summed E-state index contributed by atoms with van der Waals surface area (Å²) >= 11 is 0. The molecule has 6 nitrogen and oxygen atoms in total. The highest BCUT2D eigenvalue weighted by atomic mass is 31.2. The van der Waals surface area contributed by atoms with Gasteiger partial charge in [-0.15, -0.1) is 0 Å². The van der Waals surface area contributed by atoms with E-state index in [2.05, 4.69) is 6.92 Å². The molecule has 236 valence electrons. The highest BCUT2D eigenvalue weighted by Crippen LogP contribution is 2.68. The summed E-state index contributed by atoms with van der Waals surface area (Å²) in [5, 5.41) is 0. The first-order valence-electron chi connectivity index (χ1n) is 15.5. The lowest BCUT2D eigenvalue weighted by molar-refractivity contribution is -0.133. The molecule has 0 atom stereocenters. The summed E-state index contributed by atoms with van der Waals surface area (Å²) < 4.78 is 61.8. The van der Waals surface area contributed by atoms with Crippen LogP contribution in [0.25, 0.3) is 0 Å². The highest BCUT2D eigenvalue weighted by Gasteiger charge is 2.56. The third kappa shape index (κ3) is 8.30. The summed E-state index contributed by atoms with van der Waals surface area (Å²) in [5.74, 6) is -0.569. The number of unbranched alkanes of at least 4 members (excludes halogenated alkanes) is 5. The van der Waals surface area contributed by atoms with Crippen LogP contribution in [-0.4, -0.2) is 37.9 Å². The van der Waals surface area contributed by atoms with E-state index in [4.69, 9.17) is 13.8 Å². The van der Waals surface area contributed by atoms with Crippen molar-refractivity contribution in [2.75, 3.05) is 31.3 Å². The van der Waals surface area contributed by atoms with Crippen molar-refractivity contribution in [3.63, 3.8) is 0 Å². The predicted octanol–water partition coefficient (Wildman–Crippen LogP) is 9.38. The maximum Gasteiger partial charge on any atom is 0.404 e. The zero-order valence-electron chi connectivity index (χ0n) is 25.8. The Hall–Kier alpha value is -2.64. The number of allylic oxidation sites excluding steroid dienone is 2. The molecule has 0 saturated carbocycles. The number of rotatable bonds is 18. The van der Waals surface area contributed by atoms with Crippen LogP contribution in [0.3, 0.4) is 0 Å². The summed E-state index contributed by atoms with van der Waals surface area (Å²) in [6.45, 7) is 6.80. The first-order valence-corrected chi connectivity index (χ1v) is 17.0. The second kappa shape index (κ2) is 16.4. The smallest absolute Gasteiger partial charge is 0.357 e. The van der Waals surface area contributed by atoms with Gasteiger partial charge in [0.1, 0.15) is 0 Å². The maximum atomic E-state index is 16.0. The molecule has 0 radical (unpaired) electrons. The number of carbonyl (C=O) groups is 1. The van der Waals surface area contributed by atoms with E-state index >= 15 is 8.78 Å². The lowest BCUT2D eigenvalue weighted by atomic mass is 9.87. The molecule has 1 aliphatic carbocycles. The molecule has 1 amide bonds. The lowest BCUT2D eigenvalue weighted by Crippen LogP contribution is -2.50. The zero-order valence-corrected chi connectivity index (χ0v) is 26.7. The average molecular weight is 618 g/mol. The van der Waals surface area contributed by atoms with E-state index in [1.54, 1.807) is 25.1 Å². The van der Waals surface area contributed by atoms with Gasteiger partial charge in [-0.1, -0.05) is 99.7 Å². The van der Waals surface area contributed by atoms with Gasteiger partial charge in [0.15, 0.2) is 5.60 Å². The van der Waals surface area contributed by atoms with E-state index in [9.17, 15) is 9.36 Å². The van der Waals surface area contributed by atoms with Crippen molar-refractivity contribution in [2.45, 2.75) is 83.4 Å². The Balaban J connectivity index is 1.97. The average Bonchev–Trinajstić information content (AvgIpc) is 3.02. The number of hydrogen-bond acceptors (Lipinski definition) is 5. The van der Waals surface area contributed by atoms with Crippen molar-refractivity contribution >= 4 is 19.2 Å². The van der Waals surface area contributed by atoms with Gasteiger partial charge in [0.05, 0.1) is 24.5 Å². The SMILES string of the molecule is CCCCCCCCOC1(C(=O)N(CC)c2ccccc2C(F)(F)P(=O)(OCC)OCC)C=CC(c2ccccc2)C=C1. The van der Waals surface area contributed by atoms with Gasteiger partial charge in [0, 0.05) is 19.1 Å². The van der Waals surface area contributed by atoms with Gasteiger partial charge in [0.2, 0.25) is 0 Å². The van der Waals surface area contributed by atoms with Crippen molar-refractivity contribution in [1.29, 1.82) is 0 Å². The van der Waals surface area contributed by atoms with Crippen LogP contribution in [0.5, 0.6) is 0 Å². The molecule has 0 spiro atoms. The van der Waals surface area contributed by atoms with E-state index in [-0.39, 0.29) is 31.4 Å². The Kier molecular flexibility index (Phi) is 13.3. The largest absolute Gasteiger partial charge is 0.404 e. The molecule has 9 heteroatoms. The van der Waals surface area contributed by atoms with Crippen LogP contribution in [0.15, 0.2) is 78.9 Å². The number of carbonyl (C=O) groups excluding carboxylic acids is 1. The summed E-state index contributed by atoms with van der Waals surface area (Å²) in [6, 6.07) is 15.5. The molecule has 2 aromatic rings. The second-order valence-corrected chi connectivity index (χ2v) is 12.6. The van der Waals surface area contributed by atoms with Crippen LogP contribution in [0, 0.1) is 0 Å². The number of nitrogens with zero attached hydrogens (tertiary/aromatic N) is 1. The van der Waals surface area contributed by atoms with Crippen molar-refractivity contribution in [2.24, 2.45) is 0 Å². The van der Waals surface area contributed by atoms with Crippen LogP contribution in [0.4, 0.5) is 14.5 Å². The molecule has 0 unspecified atom stereocenters. The van der Waals surface area contributed by atoms with Gasteiger partial charge in [-0.05, 0) is 51.0 Å². The van der Waals surface area contributed by atoms with Crippen LogP contribution in [-0.2, 0) is 28.8 Å². The number of anilines is 1. The number of para-hydroxylation sites is 1. The fourth-order valence-electron chi connectivity index (χ4n) is 5.22. The van der Waals surface area contributed by atoms with Gasteiger partial charge < -0.3 is 18.7 Å². The molecule has 0 bridgehead atoms. The molecule has 0 N–H and O–H groups in total. The van der Waals surface area contributed by atoms with E-state index in [0.29, 0.717) is 6.61 Å². The Morgan fingerprint density at radius 3 is 2.05 bits per heavy atom. The van der Waals surface area contributed by atoms with Crippen LogP contribution in [0.1, 0.15) is 83.3 Å². The molecule has 0 fully saturated rings. The molecule has 43 heavy (non-hydrogen) atoms. The second-order valence-electron chi connectivity index (χ2n) is 10.5.